The van der Waals surface area contributed by atoms with E-state index < -0.39 is 0 Å². The number of anilines is 1. The molecule has 1 atom stereocenters. The molecule has 0 aliphatic carbocycles. The Labute approximate surface area is 141 Å². The van der Waals surface area contributed by atoms with Crippen molar-refractivity contribution in [2.24, 2.45) is 0 Å². The third kappa shape index (κ3) is 2.83. The maximum Gasteiger partial charge on any atom is 0.144 e. The van der Waals surface area contributed by atoms with E-state index in [0.717, 1.165) is 36.5 Å². The number of hydrogen-bond acceptors (Lipinski definition) is 5. The third-order valence-corrected chi connectivity index (χ3v) is 4.70. The summed E-state index contributed by atoms with van der Waals surface area (Å²) in [5, 5.41) is 4.27. The minimum atomic E-state index is 0.324. The van der Waals surface area contributed by atoms with E-state index >= 15 is 0 Å². The van der Waals surface area contributed by atoms with Gasteiger partial charge in [-0.15, -0.1) is 0 Å². The van der Waals surface area contributed by atoms with Crippen molar-refractivity contribution in [3.63, 3.8) is 0 Å². The van der Waals surface area contributed by atoms with Crippen molar-refractivity contribution in [1.82, 2.24) is 19.9 Å². The Balaban J connectivity index is 1.63. The summed E-state index contributed by atoms with van der Waals surface area (Å²) in [5.74, 6) is 0.825. The lowest BCUT2D eigenvalue weighted by atomic mass is 10.1. The summed E-state index contributed by atoms with van der Waals surface area (Å²) in [6.07, 6.45) is 7.84. The molecule has 24 heavy (non-hydrogen) atoms. The minimum absolute atomic E-state index is 0.324. The van der Waals surface area contributed by atoms with Crippen molar-refractivity contribution < 1.29 is 0 Å². The first-order chi connectivity index (χ1) is 11.8. The smallest absolute Gasteiger partial charge is 0.144 e. The molecule has 1 fully saturated rings. The largest absolute Gasteiger partial charge is 0.372 e. The first-order valence-corrected chi connectivity index (χ1v) is 8.41. The van der Waals surface area contributed by atoms with Crippen molar-refractivity contribution in [3.8, 4) is 0 Å². The molecule has 1 aliphatic heterocycles. The number of nitrogens with one attached hydrogen (secondary N) is 1. The Kier molecular flexibility index (Phi) is 4.09. The first-order valence-electron chi connectivity index (χ1n) is 8.41. The number of pyridine rings is 1. The summed E-state index contributed by atoms with van der Waals surface area (Å²) in [7, 11) is 1.88. The molecule has 2 aromatic heterocycles. The average Bonchev–Trinajstić information content (AvgIpc) is 3.10. The molecule has 1 N–H and O–H groups in total. The molecule has 0 spiro atoms. The summed E-state index contributed by atoms with van der Waals surface area (Å²) >= 11 is 0. The van der Waals surface area contributed by atoms with Gasteiger partial charge in [-0.25, -0.2) is 4.98 Å². The molecule has 1 saturated heterocycles. The highest BCUT2D eigenvalue weighted by molar-refractivity contribution is 5.81. The zero-order chi connectivity index (χ0) is 16.4. The van der Waals surface area contributed by atoms with Gasteiger partial charge in [0.2, 0.25) is 0 Å². The van der Waals surface area contributed by atoms with E-state index in [0.29, 0.717) is 6.04 Å². The standard InChI is InChI=1S/C19H21N5/c1-20-18-12-21-11-16(23-18)17-8-4-10-24(17)13-15-6-2-5-14-7-3-9-22-19(14)15/h2-3,5-7,9,11-12,17H,4,8,10,13H2,1H3,(H,20,23). The lowest BCUT2D eigenvalue weighted by Crippen LogP contribution is -2.24. The van der Waals surface area contributed by atoms with Gasteiger partial charge >= 0.3 is 0 Å². The van der Waals surface area contributed by atoms with E-state index in [1.54, 1.807) is 6.20 Å². The average molecular weight is 319 g/mol. The van der Waals surface area contributed by atoms with Gasteiger partial charge in [0.15, 0.2) is 0 Å². The molecule has 1 aliphatic rings. The Morgan fingerprint density at radius 3 is 3.04 bits per heavy atom. The maximum absolute atomic E-state index is 4.70. The highest BCUT2D eigenvalue weighted by Gasteiger charge is 2.28. The number of nitrogens with zero attached hydrogens (tertiary/aromatic N) is 4. The molecule has 1 unspecified atom stereocenters. The number of rotatable bonds is 4. The molecule has 0 amide bonds. The molecule has 122 valence electrons. The maximum atomic E-state index is 4.70. The highest BCUT2D eigenvalue weighted by Crippen LogP contribution is 2.33. The number of likely N-dealkylation sites (tertiary alicyclic amines) is 1. The monoisotopic (exact) mass is 319 g/mol. The van der Waals surface area contributed by atoms with Crippen LogP contribution in [0, 0.1) is 0 Å². The Bertz CT molecular complexity index is 843. The van der Waals surface area contributed by atoms with E-state index in [4.69, 9.17) is 4.98 Å². The Morgan fingerprint density at radius 1 is 1.21 bits per heavy atom. The molecular weight excluding hydrogens is 298 g/mol. The minimum Gasteiger partial charge on any atom is -0.372 e. The summed E-state index contributed by atoms with van der Waals surface area (Å²) < 4.78 is 0. The van der Waals surface area contributed by atoms with Crippen molar-refractivity contribution in [3.05, 3.63) is 60.2 Å². The van der Waals surface area contributed by atoms with Crippen LogP contribution >= 0.6 is 0 Å². The first kappa shape index (κ1) is 15.0. The van der Waals surface area contributed by atoms with Crippen molar-refractivity contribution in [2.45, 2.75) is 25.4 Å². The zero-order valence-electron chi connectivity index (χ0n) is 13.8. The predicted octanol–water partition coefficient (Wildman–Crippen LogP) is 3.40. The number of para-hydroxylation sites is 1. The molecule has 3 heterocycles. The number of aromatic nitrogens is 3. The van der Waals surface area contributed by atoms with Crippen LogP contribution in [-0.4, -0.2) is 33.4 Å². The van der Waals surface area contributed by atoms with Gasteiger partial charge < -0.3 is 5.32 Å². The molecular formula is C19H21N5. The van der Waals surface area contributed by atoms with Crippen molar-refractivity contribution in [2.75, 3.05) is 18.9 Å². The quantitative estimate of drug-likeness (QED) is 0.799. The highest BCUT2D eigenvalue weighted by atomic mass is 15.2. The van der Waals surface area contributed by atoms with Gasteiger partial charge in [0.05, 0.1) is 29.6 Å². The molecule has 4 rings (SSSR count). The Morgan fingerprint density at radius 2 is 2.12 bits per heavy atom. The van der Waals surface area contributed by atoms with Crippen LogP contribution in [0.1, 0.15) is 30.1 Å². The van der Waals surface area contributed by atoms with E-state index in [1.165, 1.54) is 17.4 Å². The van der Waals surface area contributed by atoms with Crippen LogP contribution in [0.15, 0.2) is 48.9 Å². The van der Waals surface area contributed by atoms with Crippen LogP contribution in [0.3, 0.4) is 0 Å². The molecule has 1 aromatic carbocycles. The van der Waals surface area contributed by atoms with E-state index in [-0.39, 0.29) is 0 Å². The predicted molar refractivity (Wildman–Crippen MR) is 95.7 cm³/mol. The summed E-state index contributed by atoms with van der Waals surface area (Å²) in [5.41, 5.74) is 3.42. The Hall–Kier alpha value is -2.53. The van der Waals surface area contributed by atoms with Gasteiger partial charge in [0.25, 0.3) is 0 Å². The van der Waals surface area contributed by atoms with Crippen LogP contribution in [0.25, 0.3) is 10.9 Å². The topological polar surface area (TPSA) is 53.9 Å². The van der Waals surface area contributed by atoms with Crippen LogP contribution < -0.4 is 5.32 Å². The van der Waals surface area contributed by atoms with Crippen LogP contribution in [0.5, 0.6) is 0 Å². The summed E-state index contributed by atoms with van der Waals surface area (Å²) in [6.45, 7) is 1.98. The van der Waals surface area contributed by atoms with E-state index in [1.807, 2.05) is 25.5 Å². The van der Waals surface area contributed by atoms with Gasteiger partial charge in [0, 0.05) is 25.2 Å². The molecule has 5 nitrogen and oxygen atoms in total. The lowest BCUT2D eigenvalue weighted by molar-refractivity contribution is 0.245. The number of hydrogen-bond donors (Lipinski definition) is 1. The molecule has 0 bridgehead atoms. The fraction of sp³-hybridized carbons (Fsp3) is 0.316. The summed E-state index contributed by atoms with van der Waals surface area (Å²) in [6, 6.07) is 10.9. The van der Waals surface area contributed by atoms with Crippen LogP contribution in [0.4, 0.5) is 5.82 Å². The van der Waals surface area contributed by atoms with E-state index in [9.17, 15) is 0 Å². The van der Waals surface area contributed by atoms with Gasteiger partial charge in [-0.05, 0) is 31.0 Å². The lowest BCUT2D eigenvalue weighted by Gasteiger charge is -2.24. The fourth-order valence-corrected chi connectivity index (χ4v) is 3.53. The van der Waals surface area contributed by atoms with Gasteiger partial charge in [-0.1, -0.05) is 24.3 Å². The second-order valence-electron chi connectivity index (χ2n) is 6.20. The molecule has 5 heteroatoms. The third-order valence-electron chi connectivity index (χ3n) is 4.70. The van der Waals surface area contributed by atoms with Gasteiger partial charge in [-0.3, -0.25) is 14.9 Å². The zero-order valence-corrected chi connectivity index (χ0v) is 13.8. The second kappa shape index (κ2) is 6.53. The van der Waals surface area contributed by atoms with Crippen LogP contribution in [0.2, 0.25) is 0 Å². The molecule has 0 radical (unpaired) electrons. The fourth-order valence-electron chi connectivity index (χ4n) is 3.53. The van der Waals surface area contributed by atoms with Gasteiger partial charge in [0.1, 0.15) is 5.82 Å². The second-order valence-corrected chi connectivity index (χ2v) is 6.20. The normalized spacial score (nSPS) is 18.1. The van der Waals surface area contributed by atoms with Crippen molar-refractivity contribution in [1.29, 1.82) is 0 Å². The van der Waals surface area contributed by atoms with Crippen LogP contribution in [-0.2, 0) is 6.54 Å². The summed E-state index contributed by atoms with van der Waals surface area (Å²) in [4.78, 5) is 16.1. The number of fused-ring (bicyclic) bond motifs is 1. The number of benzene rings is 1. The molecule has 3 aromatic rings. The van der Waals surface area contributed by atoms with Crippen molar-refractivity contribution >= 4 is 16.7 Å². The molecule has 0 saturated carbocycles. The SMILES string of the molecule is CNc1cncc(C2CCCN2Cc2cccc3cccnc23)n1. The van der Waals surface area contributed by atoms with E-state index in [2.05, 4.69) is 44.5 Å². The van der Waals surface area contributed by atoms with Gasteiger partial charge in [-0.2, -0.15) is 0 Å².